The molecule has 6 heteroatoms. The van der Waals surface area contributed by atoms with Crippen LogP contribution in [0.3, 0.4) is 0 Å². The van der Waals surface area contributed by atoms with Crippen molar-refractivity contribution in [2.75, 3.05) is 12.5 Å². The Morgan fingerprint density at radius 2 is 1.15 bits per heavy atom. The van der Waals surface area contributed by atoms with E-state index in [-0.39, 0.29) is 0 Å². The molecule has 3 aromatic rings. The van der Waals surface area contributed by atoms with Crippen molar-refractivity contribution in [2.45, 2.75) is 0 Å². The van der Waals surface area contributed by atoms with Crippen molar-refractivity contribution >= 4 is 108 Å². The molecule has 1 aliphatic rings. The highest BCUT2D eigenvalue weighted by Crippen LogP contribution is 2.57. The maximum Gasteiger partial charge on any atom is 0.0688 e. The zero-order chi connectivity index (χ0) is 18.3. The molecule has 132 valence electrons. The molecule has 0 fully saturated rings. The standard InChI is InChI=1S/C20H14Br2S4/c1-23-19-20(24-2)26-18(25-19)16-13-9-5-3-7-11(13)15(17(21)22)12-8-4-6-10-14(12)16/h3-10H,1-2H3. The van der Waals surface area contributed by atoms with E-state index >= 15 is 0 Å². The van der Waals surface area contributed by atoms with Crippen molar-refractivity contribution in [1.82, 2.24) is 0 Å². The van der Waals surface area contributed by atoms with Gasteiger partial charge in [0.05, 0.1) is 16.1 Å². The quantitative estimate of drug-likeness (QED) is 0.313. The van der Waals surface area contributed by atoms with Gasteiger partial charge in [-0.2, -0.15) is 0 Å². The van der Waals surface area contributed by atoms with Crippen LogP contribution < -0.4 is 10.4 Å². The van der Waals surface area contributed by atoms with Crippen LogP contribution in [0.4, 0.5) is 0 Å². The average molecular weight is 542 g/mol. The van der Waals surface area contributed by atoms with E-state index in [1.54, 1.807) is 0 Å². The number of halogens is 2. The molecule has 3 aromatic carbocycles. The summed E-state index contributed by atoms with van der Waals surface area (Å²) in [7, 11) is 0. The minimum atomic E-state index is 0.994. The van der Waals surface area contributed by atoms with E-state index < -0.39 is 0 Å². The molecule has 0 unspecified atom stereocenters. The minimum absolute atomic E-state index is 0.994. The van der Waals surface area contributed by atoms with Crippen molar-refractivity contribution in [3.05, 3.63) is 67.4 Å². The van der Waals surface area contributed by atoms with Crippen molar-refractivity contribution in [2.24, 2.45) is 0 Å². The number of thioether (sulfide) groups is 4. The Bertz CT molecular complexity index is 1100. The molecule has 0 aromatic heterocycles. The monoisotopic (exact) mass is 540 g/mol. The average Bonchev–Trinajstić information content (AvgIpc) is 3.08. The van der Waals surface area contributed by atoms with Crippen LogP contribution in [-0.2, 0) is 0 Å². The van der Waals surface area contributed by atoms with Crippen LogP contribution in [-0.4, -0.2) is 12.5 Å². The molecule has 0 saturated heterocycles. The van der Waals surface area contributed by atoms with Gasteiger partial charge in [0, 0.05) is 10.4 Å². The predicted molar refractivity (Wildman–Crippen MR) is 135 cm³/mol. The summed E-state index contributed by atoms with van der Waals surface area (Å²) >= 11 is 14.9. The Balaban J connectivity index is 2.23. The summed E-state index contributed by atoms with van der Waals surface area (Å²) in [6.45, 7) is 0. The van der Waals surface area contributed by atoms with Gasteiger partial charge in [-0.15, -0.1) is 23.5 Å². The first-order chi connectivity index (χ1) is 12.7. The Labute approximate surface area is 186 Å². The third-order valence-electron chi connectivity index (χ3n) is 4.23. The molecule has 0 spiro atoms. The largest absolute Gasteiger partial charge is 0.121 e. The van der Waals surface area contributed by atoms with Gasteiger partial charge < -0.3 is 0 Å². The van der Waals surface area contributed by atoms with Gasteiger partial charge in [0.15, 0.2) is 0 Å². The van der Waals surface area contributed by atoms with Crippen LogP contribution in [0, 0.1) is 0 Å². The Morgan fingerprint density at radius 1 is 0.731 bits per heavy atom. The van der Waals surface area contributed by atoms with E-state index in [9.17, 15) is 0 Å². The molecule has 0 bridgehead atoms. The van der Waals surface area contributed by atoms with E-state index in [1.807, 2.05) is 47.0 Å². The second-order valence-corrected chi connectivity index (χ2v) is 12.7. The molecule has 0 N–H and O–H groups in total. The lowest BCUT2D eigenvalue weighted by atomic mass is 9.99. The molecule has 1 heterocycles. The summed E-state index contributed by atoms with van der Waals surface area (Å²) in [5.41, 5.74) is 0. The SMILES string of the molecule is CSC1=C(SC)SC(=c2c3ccccc3c(=C(Br)Br)c3ccccc23)S1. The lowest BCUT2D eigenvalue weighted by Gasteiger charge is -2.10. The fourth-order valence-electron chi connectivity index (χ4n) is 3.18. The molecular weight excluding hydrogens is 528 g/mol. The van der Waals surface area contributed by atoms with Gasteiger partial charge in [0.25, 0.3) is 0 Å². The highest BCUT2D eigenvalue weighted by Gasteiger charge is 2.22. The lowest BCUT2D eigenvalue weighted by molar-refractivity contribution is 1.69. The van der Waals surface area contributed by atoms with Crippen LogP contribution in [0.25, 0.3) is 29.2 Å². The third-order valence-corrected chi connectivity index (χ3v) is 10.3. The summed E-state index contributed by atoms with van der Waals surface area (Å²) in [5, 5.41) is 7.71. The molecule has 0 saturated carbocycles. The molecular formula is C20H14Br2S4. The van der Waals surface area contributed by atoms with Crippen LogP contribution in [0.2, 0.25) is 0 Å². The van der Waals surface area contributed by atoms with Crippen LogP contribution in [0.15, 0.2) is 57.0 Å². The lowest BCUT2D eigenvalue weighted by Crippen LogP contribution is -2.16. The first kappa shape index (κ1) is 19.3. The van der Waals surface area contributed by atoms with Crippen LogP contribution in [0.5, 0.6) is 0 Å². The summed E-state index contributed by atoms with van der Waals surface area (Å²) in [6, 6.07) is 17.4. The minimum Gasteiger partial charge on any atom is -0.121 e. The first-order valence-corrected chi connectivity index (χ1v) is 13.5. The number of benzene rings is 3. The highest BCUT2D eigenvalue weighted by molar-refractivity contribution is 9.33. The molecule has 0 aliphatic carbocycles. The van der Waals surface area contributed by atoms with Gasteiger partial charge in [-0.1, -0.05) is 72.1 Å². The zero-order valence-corrected chi connectivity index (χ0v) is 20.4. The van der Waals surface area contributed by atoms with Gasteiger partial charge in [-0.3, -0.25) is 0 Å². The van der Waals surface area contributed by atoms with E-state index in [2.05, 4.69) is 92.9 Å². The maximum atomic E-state index is 3.68. The van der Waals surface area contributed by atoms with Crippen molar-refractivity contribution < 1.29 is 0 Å². The molecule has 0 radical (unpaired) electrons. The molecule has 0 amide bonds. The fraction of sp³-hybridized carbons (Fsp3) is 0.100. The topological polar surface area (TPSA) is 0 Å². The van der Waals surface area contributed by atoms with Crippen molar-refractivity contribution in [3.8, 4) is 0 Å². The van der Waals surface area contributed by atoms with Gasteiger partial charge in [0.2, 0.25) is 0 Å². The summed E-state index contributed by atoms with van der Waals surface area (Å²) in [6.07, 6.45) is 4.33. The van der Waals surface area contributed by atoms with E-state index in [0.29, 0.717) is 0 Å². The van der Waals surface area contributed by atoms with Gasteiger partial charge in [-0.05, 0) is 65.9 Å². The molecule has 26 heavy (non-hydrogen) atoms. The van der Waals surface area contributed by atoms with Gasteiger partial charge >= 0.3 is 0 Å². The molecule has 4 rings (SSSR count). The van der Waals surface area contributed by atoms with Crippen molar-refractivity contribution in [3.63, 3.8) is 0 Å². The second kappa shape index (κ2) is 8.18. The maximum absolute atomic E-state index is 3.68. The summed E-state index contributed by atoms with van der Waals surface area (Å²) in [5.74, 6) is 0. The van der Waals surface area contributed by atoms with E-state index in [4.69, 9.17) is 0 Å². The number of rotatable bonds is 2. The number of hydrogen-bond donors (Lipinski definition) is 0. The summed E-state index contributed by atoms with van der Waals surface area (Å²) in [4.78, 5) is 0. The third kappa shape index (κ3) is 3.31. The van der Waals surface area contributed by atoms with Gasteiger partial charge in [0.1, 0.15) is 0 Å². The van der Waals surface area contributed by atoms with Crippen LogP contribution in [0.1, 0.15) is 0 Å². The molecule has 1 aliphatic heterocycles. The highest BCUT2D eigenvalue weighted by atomic mass is 79.9. The normalized spacial score (nSPS) is 14.7. The smallest absolute Gasteiger partial charge is 0.0688 e. The fourth-order valence-corrected chi connectivity index (χ4v) is 9.16. The molecule has 0 atom stereocenters. The first-order valence-electron chi connectivity index (χ1n) is 7.82. The molecule has 0 nitrogen and oxygen atoms in total. The second-order valence-electron chi connectivity index (χ2n) is 5.58. The van der Waals surface area contributed by atoms with E-state index in [0.717, 1.165) is 3.39 Å². The van der Waals surface area contributed by atoms with E-state index in [1.165, 1.54) is 44.7 Å². The Hall–Kier alpha value is 0.0200. The van der Waals surface area contributed by atoms with Crippen LogP contribution >= 0.6 is 78.9 Å². The van der Waals surface area contributed by atoms with Gasteiger partial charge in [-0.25, -0.2) is 0 Å². The predicted octanol–water partition coefficient (Wildman–Crippen LogP) is 7.25. The number of hydrogen-bond acceptors (Lipinski definition) is 4. The zero-order valence-electron chi connectivity index (χ0n) is 14.0. The Morgan fingerprint density at radius 3 is 1.54 bits per heavy atom. The number of fused-ring (bicyclic) bond motifs is 2. The summed E-state index contributed by atoms with van der Waals surface area (Å²) < 4.78 is 5.18. The Kier molecular flexibility index (Phi) is 6.08. The van der Waals surface area contributed by atoms with Crippen molar-refractivity contribution in [1.29, 1.82) is 0 Å².